The van der Waals surface area contributed by atoms with Crippen molar-refractivity contribution in [3.8, 4) is 5.75 Å². The summed E-state index contributed by atoms with van der Waals surface area (Å²) in [6.45, 7) is 3.82. The number of hydrogen-bond donors (Lipinski definition) is 2. The highest BCUT2D eigenvalue weighted by Gasteiger charge is 2.46. The molecule has 1 unspecified atom stereocenters. The number of ether oxygens (including phenoxy) is 1. The van der Waals surface area contributed by atoms with E-state index in [9.17, 15) is 14.7 Å². The number of benzene rings is 2. The molecule has 5 rings (SSSR count). The molecule has 7 nitrogen and oxygen atoms in total. The van der Waals surface area contributed by atoms with Gasteiger partial charge >= 0.3 is 0 Å². The zero-order valence-corrected chi connectivity index (χ0v) is 18.8. The van der Waals surface area contributed by atoms with Crippen LogP contribution in [0.25, 0.3) is 16.7 Å². The van der Waals surface area contributed by atoms with Crippen molar-refractivity contribution in [3.63, 3.8) is 0 Å². The first-order valence-electron chi connectivity index (χ1n) is 11.3. The molecule has 7 heteroatoms. The van der Waals surface area contributed by atoms with E-state index >= 15 is 0 Å². The number of likely N-dealkylation sites (tertiary alicyclic amines) is 1. The summed E-state index contributed by atoms with van der Waals surface area (Å²) in [5.74, 6) is -0.652. The van der Waals surface area contributed by atoms with E-state index in [0.29, 0.717) is 18.7 Å². The number of H-pyrrole nitrogens is 1. The zero-order valence-electron chi connectivity index (χ0n) is 18.8. The maximum Gasteiger partial charge on any atom is 0.295 e. The van der Waals surface area contributed by atoms with Crippen LogP contribution in [0.15, 0.2) is 54.2 Å². The lowest BCUT2D eigenvalue weighted by molar-refractivity contribution is -0.139. The molecule has 3 aromatic rings. The second-order valence-corrected chi connectivity index (χ2v) is 8.59. The maximum atomic E-state index is 13.2. The average Bonchev–Trinajstić information content (AvgIpc) is 3.36. The van der Waals surface area contributed by atoms with Crippen LogP contribution in [0.5, 0.6) is 5.75 Å². The standard InChI is InChI=1S/C26H27N3O4/c1-3-4-11-29-23(18-15-27-19-8-6-5-7-17(18)19)22(25(31)26(29)32)24(30)16-9-10-21-20(14-16)28(2)12-13-33-21/h5-10,14-15,23,27,30H,3-4,11-13H2,1-2H3/b24-22+. The molecule has 2 aromatic carbocycles. The third-order valence-electron chi connectivity index (χ3n) is 6.54. The number of likely N-dealkylation sites (N-methyl/N-ethyl adjacent to an activating group) is 1. The molecule has 1 atom stereocenters. The Bertz CT molecular complexity index is 1280. The van der Waals surface area contributed by atoms with Crippen LogP contribution in [0.4, 0.5) is 5.69 Å². The van der Waals surface area contributed by atoms with Gasteiger partial charge in [-0.2, -0.15) is 0 Å². The Hall–Kier alpha value is -3.74. The fourth-order valence-electron chi connectivity index (χ4n) is 4.74. The number of carbonyl (C=O) groups excluding carboxylic acids is 2. The van der Waals surface area contributed by atoms with E-state index in [4.69, 9.17) is 4.74 Å². The quantitative estimate of drug-likeness (QED) is 0.349. The number of ketones is 1. The number of anilines is 1. The first-order valence-corrected chi connectivity index (χ1v) is 11.3. The molecule has 0 bridgehead atoms. The number of rotatable bonds is 5. The number of aromatic nitrogens is 1. The lowest BCUT2D eigenvalue weighted by Crippen LogP contribution is -2.30. The number of hydrogen-bond acceptors (Lipinski definition) is 5. The van der Waals surface area contributed by atoms with Crippen LogP contribution in [0.2, 0.25) is 0 Å². The van der Waals surface area contributed by atoms with Gasteiger partial charge in [0.2, 0.25) is 0 Å². The van der Waals surface area contributed by atoms with Gasteiger partial charge in [-0.05, 0) is 30.7 Å². The topological polar surface area (TPSA) is 85.9 Å². The van der Waals surface area contributed by atoms with Gasteiger partial charge in [-0.15, -0.1) is 0 Å². The summed E-state index contributed by atoms with van der Waals surface area (Å²) >= 11 is 0. The van der Waals surface area contributed by atoms with Crippen LogP contribution in [-0.4, -0.2) is 53.4 Å². The second kappa shape index (κ2) is 8.31. The third kappa shape index (κ3) is 3.44. The van der Waals surface area contributed by atoms with Crippen LogP contribution in [-0.2, 0) is 9.59 Å². The Morgan fingerprint density at radius 2 is 2.03 bits per heavy atom. The Morgan fingerprint density at radius 1 is 1.21 bits per heavy atom. The average molecular weight is 446 g/mol. The van der Waals surface area contributed by atoms with E-state index in [1.54, 1.807) is 17.0 Å². The Morgan fingerprint density at radius 3 is 2.85 bits per heavy atom. The second-order valence-electron chi connectivity index (χ2n) is 8.59. The molecule has 0 spiro atoms. The summed E-state index contributed by atoms with van der Waals surface area (Å²) in [5.41, 5.74) is 3.18. The van der Waals surface area contributed by atoms with Crippen molar-refractivity contribution in [2.75, 3.05) is 31.6 Å². The van der Waals surface area contributed by atoms with Crippen molar-refractivity contribution in [1.82, 2.24) is 9.88 Å². The number of unbranched alkanes of at least 4 members (excludes halogenated alkanes) is 1. The third-order valence-corrected chi connectivity index (χ3v) is 6.54. The summed E-state index contributed by atoms with van der Waals surface area (Å²) in [7, 11) is 1.96. The van der Waals surface area contributed by atoms with Crippen LogP contribution in [0.3, 0.4) is 0 Å². The molecule has 2 aliphatic rings. The normalized spacial score (nSPS) is 19.8. The summed E-state index contributed by atoms with van der Waals surface area (Å²) in [4.78, 5) is 33.2. The number of Topliss-reactive ketones (excluding diaryl/α,β-unsaturated/α-hetero) is 1. The Kier molecular flexibility index (Phi) is 5.32. The molecular weight excluding hydrogens is 418 g/mol. The Labute approximate surface area is 192 Å². The molecule has 1 fully saturated rings. The van der Waals surface area contributed by atoms with Crippen LogP contribution >= 0.6 is 0 Å². The van der Waals surface area contributed by atoms with Crippen molar-refractivity contribution in [3.05, 3.63) is 65.4 Å². The van der Waals surface area contributed by atoms with E-state index < -0.39 is 17.7 Å². The van der Waals surface area contributed by atoms with Gasteiger partial charge in [-0.1, -0.05) is 31.5 Å². The van der Waals surface area contributed by atoms with Gasteiger partial charge in [-0.25, -0.2) is 0 Å². The number of carbonyl (C=O) groups is 2. The predicted molar refractivity (Wildman–Crippen MR) is 127 cm³/mol. The highest BCUT2D eigenvalue weighted by Crippen LogP contribution is 2.43. The van der Waals surface area contributed by atoms with E-state index in [1.165, 1.54) is 0 Å². The number of aliphatic hydroxyl groups excluding tert-OH is 1. The van der Waals surface area contributed by atoms with E-state index in [-0.39, 0.29) is 11.3 Å². The molecule has 1 saturated heterocycles. The molecule has 2 N–H and O–H groups in total. The number of aromatic amines is 1. The number of nitrogens with one attached hydrogen (secondary N) is 1. The molecule has 2 aliphatic heterocycles. The number of nitrogens with zero attached hydrogens (tertiary/aromatic N) is 2. The predicted octanol–water partition coefficient (Wildman–Crippen LogP) is 4.22. The van der Waals surface area contributed by atoms with Crippen molar-refractivity contribution in [1.29, 1.82) is 0 Å². The lowest BCUT2D eigenvalue weighted by Gasteiger charge is -2.28. The van der Waals surface area contributed by atoms with E-state index in [0.717, 1.165) is 47.3 Å². The Balaban J connectivity index is 1.68. The smallest absolute Gasteiger partial charge is 0.295 e. The summed E-state index contributed by atoms with van der Waals surface area (Å²) in [6.07, 6.45) is 3.50. The minimum absolute atomic E-state index is 0.125. The molecule has 1 amide bonds. The van der Waals surface area contributed by atoms with Gasteiger partial charge in [0.1, 0.15) is 18.1 Å². The van der Waals surface area contributed by atoms with Gasteiger partial charge in [0.15, 0.2) is 0 Å². The minimum Gasteiger partial charge on any atom is -0.507 e. The van der Waals surface area contributed by atoms with Crippen molar-refractivity contribution in [2.45, 2.75) is 25.8 Å². The van der Waals surface area contributed by atoms with Gasteiger partial charge in [-0.3, -0.25) is 9.59 Å². The lowest BCUT2D eigenvalue weighted by atomic mass is 9.94. The van der Waals surface area contributed by atoms with E-state index in [1.807, 2.05) is 55.4 Å². The zero-order chi connectivity index (χ0) is 23.1. The molecule has 0 saturated carbocycles. The number of fused-ring (bicyclic) bond motifs is 2. The molecule has 33 heavy (non-hydrogen) atoms. The summed E-state index contributed by atoms with van der Waals surface area (Å²) < 4.78 is 5.71. The number of para-hydroxylation sites is 1. The maximum absolute atomic E-state index is 13.2. The molecule has 170 valence electrons. The first kappa shape index (κ1) is 21.1. The number of amides is 1. The van der Waals surface area contributed by atoms with Gasteiger partial charge in [0, 0.05) is 41.8 Å². The fourth-order valence-corrected chi connectivity index (χ4v) is 4.74. The largest absolute Gasteiger partial charge is 0.507 e. The molecule has 0 aliphatic carbocycles. The van der Waals surface area contributed by atoms with Gasteiger partial charge in [0.05, 0.1) is 23.8 Å². The van der Waals surface area contributed by atoms with Gasteiger partial charge in [0.25, 0.3) is 11.7 Å². The first-order chi connectivity index (χ1) is 16.0. The van der Waals surface area contributed by atoms with Crippen LogP contribution in [0, 0.1) is 0 Å². The summed E-state index contributed by atoms with van der Waals surface area (Å²) in [6, 6.07) is 12.5. The molecule has 3 heterocycles. The highest BCUT2D eigenvalue weighted by atomic mass is 16.5. The molecule has 1 aromatic heterocycles. The van der Waals surface area contributed by atoms with Crippen molar-refractivity contribution in [2.24, 2.45) is 0 Å². The van der Waals surface area contributed by atoms with Gasteiger partial charge < -0.3 is 24.6 Å². The minimum atomic E-state index is -0.655. The van der Waals surface area contributed by atoms with Crippen molar-refractivity contribution < 1.29 is 19.4 Å². The van der Waals surface area contributed by atoms with Crippen LogP contribution in [0.1, 0.15) is 36.9 Å². The van der Waals surface area contributed by atoms with E-state index in [2.05, 4.69) is 4.98 Å². The highest BCUT2D eigenvalue weighted by molar-refractivity contribution is 6.46. The van der Waals surface area contributed by atoms with Crippen LogP contribution < -0.4 is 9.64 Å². The SMILES string of the molecule is CCCCN1C(=O)C(=O)/C(=C(/O)c2ccc3c(c2)N(C)CCO3)C1c1c[nH]c2ccccc12. The number of aliphatic hydroxyl groups is 1. The monoisotopic (exact) mass is 445 g/mol. The molecular formula is C26H27N3O4. The summed E-state index contributed by atoms with van der Waals surface area (Å²) in [5, 5.41) is 12.3. The fraction of sp³-hybridized carbons (Fsp3) is 0.308. The molecule has 0 radical (unpaired) electrons. The van der Waals surface area contributed by atoms with Crippen molar-refractivity contribution >= 4 is 34.0 Å².